The molecule has 0 bridgehead atoms. The predicted molar refractivity (Wildman–Crippen MR) is 108 cm³/mol. The third-order valence-corrected chi connectivity index (χ3v) is 5.21. The zero-order valence-corrected chi connectivity index (χ0v) is 16.9. The van der Waals surface area contributed by atoms with Crippen molar-refractivity contribution in [2.24, 2.45) is 0 Å². The zero-order valence-electron chi connectivity index (χ0n) is 16.2. The minimum Gasteiger partial charge on any atom is -0.434 e. The number of aromatic nitrogens is 2. The summed E-state index contributed by atoms with van der Waals surface area (Å²) in [7, 11) is 0. The van der Waals surface area contributed by atoms with Crippen LogP contribution in [-0.4, -0.2) is 52.7 Å². The molecule has 1 fully saturated rings. The maximum atomic E-state index is 12.6. The number of benzene rings is 2. The largest absolute Gasteiger partial charge is 0.434 e. The first-order valence-corrected chi connectivity index (χ1v) is 10.0. The van der Waals surface area contributed by atoms with Gasteiger partial charge in [0.05, 0.1) is 12.1 Å². The van der Waals surface area contributed by atoms with Crippen molar-refractivity contribution in [3.8, 4) is 17.1 Å². The smallest absolute Gasteiger partial charge is 0.387 e. The maximum absolute atomic E-state index is 12.6. The molecule has 1 aliphatic heterocycles. The van der Waals surface area contributed by atoms with Crippen LogP contribution in [0.2, 0.25) is 5.02 Å². The number of para-hydroxylation sites is 1. The lowest BCUT2D eigenvalue weighted by Gasteiger charge is -2.33. The topological polar surface area (TPSA) is 54.6 Å². The summed E-state index contributed by atoms with van der Waals surface area (Å²) in [6.45, 7) is 2.08. The van der Waals surface area contributed by atoms with E-state index in [9.17, 15) is 8.78 Å². The molecule has 1 saturated heterocycles. The molecule has 30 heavy (non-hydrogen) atoms. The first-order valence-electron chi connectivity index (χ1n) is 9.63. The van der Waals surface area contributed by atoms with Crippen molar-refractivity contribution in [3.05, 3.63) is 65.0 Å². The van der Waals surface area contributed by atoms with Crippen molar-refractivity contribution >= 4 is 11.6 Å². The molecule has 1 aromatic heterocycles. The average Bonchev–Trinajstić information content (AvgIpc) is 3.19. The lowest BCUT2D eigenvalue weighted by atomic mass is 10.2. The van der Waals surface area contributed by atoms with Crippen LogP contribution in [-0.2, 0) is 13.1 Å². The molecular formula is C21H21ClF2N4O2. The molecular weight excluding hydrogens is 414 g/mol. The summed E-state index contributed by atoms with van der Waals surface area (Å²) in [4.78, 5) is 8.99. The van der Waals surface area contributed by atoms with Gasteiger partial charge in [0.2, 0.25) is 11.7 Å². The Morgan fingerprint density at radius 3 is 2.33 bits per heavy atom. The molecule has 0 amide bonds. The maximum Gasteiger partial charge on any atom is 0.387 e. The quantitative estimate of drug-likeness (QED) is 0.552. The van der Waals surface area contributed by atoms with Crippen LogP contribution in [0.5, 0.6) is 5.75 Å². The highest BCUT2D eigenvalue weighted by atomic mass is 35.5. The fourth-order valence-electron chi connectivity index (χ4n) is 3.42. The lowest BCUT2D eigenvalue weighted by molar-refractivity contribution is -0.0494. The number of piperazine rings is 1. The van der Waals surface area contributed by atoms with Crippen LogP contribution < -0.4 is 4.74 Å². The molecule has 6 nitrogen and oxygen atoms in total. The van der Waals surface area contributed by atoms with E-state index in [0.717, 1.165) is 37.7 Å². The summed E-state index contributed by atoms with van der Waals surface area (Å²) in [5, 5.41) is 4.68. The van der Waals surface area contributed by atoms with Gasteiger partial charge in [-0.05, 0) is 29.8 Å². The molecule has 9 heteroatoms. The van der Waals surface area contributed by atoms with Gasteiger partial charge in [-0.15, -0.1) is 0 Å². The highest BCUT2D eigenvalue weighted by Crippen LogP contribution is 2.29. The molecule has 0 unspecified atom stereocenters. The van der Waals surface area contributed by atoms with E-state index in [1.165, 1.54) is 11.6 Å². The Kier molecular flexibility index (Phi) is 6.56. The first-order chi connectivity index (χ1) is 14.6. The number of hydrogen-bond donors (Lipinski definition) is 0. The van der Waals surface area contributed by atoms with Gasteiger partial charge in [-0.1, -0.05) is 41.0 Å². The minimum atomic E-state index is -2.92. The Bertz CT molecular complexity index is 960. The molecule has 0 atom stereocenters. The van der Waals surface area contributed by atoms with Crippen LogP contribution in [0.4, 0.5) is 8.78 Å². The molecule has 0 saturated carbocycles. The van der Waals surface area contributed by atoms with Crippen molar-refractivity contribution < 1.29 is 18.0 Å². The first kappa shape index (κ1) is 20.7. The van der Waals surface area contributed by atoms with E-state index in [1.54, 1.807) is 18.2 Å². The van der Waals surface area contributed by atoms with Crippen molar-refractivity contribution in [3.63, 3.8) is 0 Å². The molecule has 1 aliphatic rings. The van der Waals surface area contributed by atoms with E-state index in [4.69, 9.17) is 16.1 Å². The van der Waals surface area contributed by atoms with Crippen molar-refractivity contribution in [1.82, 2.24) is 19.9 Å². The SMILES string of the molecule is FC(F)Oc1ccccc1-c1noc(CN2CCN(Cc3ccc(Cl)cc3)CC2)n1. The van der Waals surface area contributed by atoms with E-state index in [2.05, 4.69) is 24.7 Å². The summed E-state index contributed by atoms with van der Waals surface area (Å²) in [6, 6.07) is 14.3. The molecule has 2 aromatic carbocycles. The normalized spacial score (nSPS) is 15.6. The van der Waals surface area contributed by atoms with Gasteiger partial charge in [0.1, 0.15) is 5.75 Å². The Morgan fingerprint density at radius 1 is 0.967 bits per heavy atom. The molecule has 3 aromatic rings. The predicted octanol–water partition coefficient (Wildman–Crippen LogP) is 4.31. The van der Waals surface area contributed by atoms with Crippen molar-refractivity contribution in [1.29, 1.82) is 0 Å². The van der Waals surface area contributed by atoms with Crippen LogP contribution in [0, 0.1) is 0 Å². The Morgan fingerprint density at radius 2 is 1.63 bits per heavy atom. The van der Waals surface area contributed by atoms with Gasteiger partial charge in [-0.25, -0.2) is 0 Å². The summed E-state index contributed by atoms with van der Waals surface area (Å²) in [6.07, 6.45) is 0. The number of nitrogens with zero attached hydrogens (tertiary/aromatic N) is 4. The van der Waals surface area contributed by atoms with E-state index in [0.29, 0.717) is 18.0 Å². The van der Waals surface area contributed by atoms with Gasteiger partial charge < -0.3 is 9.26 Å². The number of rotatable bonds is 7. The summed E-state index contributed by atoms with van der Waals surface area (Å²) < 4.78 is 35.1. The fraction of sp³-hybridized carbons (Fsp3) is 0.333. The van der Waals surface area contributed by atoms with Gasteiger partial charge in [0.25, 0.3) is 0 Å². The average molecular weight is 435 g/mol. The Balaban J connectivity index is 1.32. The van der Waals surface area contributed by atoms with Gasteiger partial charge in [0, 0.05) is 37.7 Å². The number of alkyl halides is 2. The van der Waals surface area contributed by atoms with Crippen LogP contribution in [0.3, 0.4) is 0 Å². The second-order valence-electron chi connectivity index (χ2n) is 7.07. The third kappa shape index (κ3) is 5.33. The van der Waals surface area contributed by atoms with E-state index >= 15 is 0 Å². The second kappa shape index (κ2) is 9.51. The monoisotopic (exact) mass is 434 g/mol. The molecule has 2 heterocycles. The second-order valence-corrected chi connectivity index (χ2v) is 7.50. The van der Waals surface area contributed by atoms with Crippen LogP contribution in [0.25, 0.3) is 11.4 Å². The lowest BCUT2D eigenvalue weighted by Crippen LogP contribution is -2.45. The van der Waals surface area contributed by atoms with Crippen molar-refractivity contribution in [2.45, 2.75) is 19.7 Å². The van der Waals surface area contributed by atoms with Gasteiger partial charge >= 0.3 is 6.61 Å². The number of ether oxygens (including phenoxy) is 1. The molecule has 0 aliphatic carbocycles. The van der Waals surface area contributed by atoms with E-state index in [1.807, 2.05) is 24.3 Å². The molecule has 158 valence electrons. The highest BCUT2D eigenvalue weighted by molar-refractivity contribution is 6.30. The zero-order chi connectivity index (χ0) is 20.9. The molecule has 0 radical (unpaired) electrons. The standard InChI is InChI=1S/C21H21ClF2N4O2/c22-16-7-5-15(6-8-16)13-27-9-11-28(12-10-27)14-19-25-20(26-30-19)17-3-1-2-4-18(17)29-21(23)24/h1-8,21H,9-14H2. The molecule has 4 rings (SSSR count). The van der Waals surface area contributed by atoms with Crippen LogP contribution >= 0.6 is 11.6 Å². The summed E-state index contributed by atoms with van der Waals surface area (Å²) >= 11 is 5.94. The van der Waals surface area contributed by atoms with E-state index in [-0.39, 0.29) is 11.6 Å². The Labute approximate surface area is 178 Å². The van der Waals surface area contributed by atoms with Gasteiger partial charge in [0.15, 0.2) is 0 Å². The highest BCUT2D eigenvalue weighted by Gasteiger charge is 2.21. The van der Waals surface area contributed by atoms with Crippen molar-refractivity contribution in [2.75, 3.05) is 26.2 Å². The van der Waals surface area contributed by atoms with Gasteiger partial charge in [-0.2, -0.15) is 13.8 Å². The summed E-state index contributed by atoms with van der Waals surface area (Å²) in [5.74, 6) is 0.710. The van der Waals surface area contributed by atoms with E-state index < -0.39 is 6.61 Å². The minimum absolute atomic E-state index is 0.0238. The Hall–Kier alpha value is -2.55. The summed E-state index contributed by atoms with van der Waals surface area (Å²) in [5.41, 5.74) is 1.61. The van der Waals surface area contributed by atoms with Gasteiger partial charge in [-0.3, -0.25) is 9.80 Å². The molecule has 0 spiro atoms. The fourth-order valence-corrected chi connectivity index (χ4v) is 3.55. The van der Waals surface area contributed by atoms with Crippen LogP contribution in [0.1, 0.15) is 11.5 Å². The number of hydrogen-bond acceptors (Lipinski definition) is 6. The molecule has 0 N–H and O–H groups in total. The number of halogens is 3. The van der Waals surface area contributed by atoms with Crippen LogP contribution in [0.15, 0.2) is 53.1 Å². The third-order valence-electron chi connectivity index (χ3n) is 4.96.